The van der Waals surface area contributed by atoms with Crippen molar-refractivity contribution in [2.45, 2.75) is 38.7 Å². The topological polar surface area (TPSA) is 77.0 Å². The van der Waals surface area contributed by atoms with Crippen LogP contribution in [0.2, 0.25) is 0 Å². The van der Waals surface area contributed by atoms with Gasteiger partial charge in [-0.15, -0.1) is 0 Å². The number of hydrogen-bond donors (Lipinski definition) is 1. The first-order valence-electron chi connectivity index (χ1n) is 8.20. The third kappa shape index (κ3) is 4.98. The molecular weight excluding hydrogens is 352 g/mol. The van der Waals surface area contributed by atoms with Crippen LogP contribution in [0.5, 0.6) is 11.5 Å². The predicted octanol–water partition coefficient (Wildman–Crippen LogP) is 3.41. The second kappa shape index (κ2) is 8.23. The molecule has 0 saturated heterocycles. The van der Waals surface area contributed by atoms with Gasteiger partial charge in [0.05, 0.1) is 24.3 Å². The highest BCUT2D eigenvalue weighted by Crippen LogP contribution is 2.28. The van der Waals surface area contributed by atoms with E-state index < -0.39 is 10.0 Å². The van der Waals surface area contributed by atoms with Crippen LogP contribution >= 0.6 is 0 Å². The molecule has 6 nitrogen and oxygen atoms in total. The van der Waals surface area contributed by atoms with Gasteiger partial charge in [-0.05, 0) is 63.1 Å². The fourth-order valence-electron chi connectivity index (χ4n) is 2.44. The smallest absolute Gasteiger partial charge is 0.276 e. The average Bonchev–Trinajstić information content (AvgIpc) is 2.54. The number of nitrogens with zero attached hydrogens (tertiary/aromatic N) is 1. The number of methoxy groups -OCH3 is 1. The van der Waals surface area contributed by atoms with Crippen molar-refractivity contribution in [3.8, 4) is 11.5 Å². The highest BCUT2D eigenvalue weighted by atomic mass is 32.2. The van der Waals surface area contributed by atoms with Crippen LogP contribution in [0.3, 0.4) is 0 Å². The summed E-state index contributed by atoms with van der Waals surface area (Å²) in [6.45, 7) is 7.50. The van der Waals surface area contributed by atoms with Crippen molar-refractivity contribution in [3.63, 3.8) is 0 Å². The molecule has 0 saturated carbocycles. The van der Waals surface area contributed by atoms with E-state index in [0.29, 0.717) is 22.6 Å². The van der Waals surface area contributed by atoms with Crippen molar-refractivity contribution in [2.75, 3.05) is 7.11 Å². The van der Waals surface area contributed by atoms with E-state index in [4.69, 9.17) is 9.47 Å². The first-order valence-corrected chi connectivity index (χ1v) is 9.68. The molecule has 0 radical (unpaired) electrons. The Labute approximate surface area is 154 Å². The van der Waals surface area contributed by atoms with Gasteiger partial charge in [-0.1, -0.05) is 17.7 Å². The van der Waals surface area contributed by atoms with Crippen LogP contribution in [-0.4, -0.2) is 27.8 Å². The van der Waals surface area contributed by atoms with Crippen molar-refractivity contribution in [3.05, 3.63) is 53.1 Å². The van der Waals surface area contributed by atoms with Crippen molar-refractivity contribution in [2.24, 2.45) is 5.10 Å². The first kappa shape index (κ1) is 19.8. The Morgan fingerprint density at radius 3 is 2.42 bits per heavy atom. The second-order valence-electron chi connectivity index (χ2n) is 6.20. The Hall–Kier alpha value is -2.54. The lowest BCUT2D eigenvalue weighted by Crippen LogP contribution is -2.19. The summed E-state index contributed by atoms with van der Waals surface area (Å²) in [7, 11) is -2.16. The highest BCUT2D eigenvalue weighted by molar-refractivity contribution is 7.89. The Bertz CT molecular complexity index is 906. The largest absolute Gasteiger partial charge is 0.493 e. The molecular formula is C19H24N2O4S. The zero-order valence-corrected chi connectivity index (χ0v) is 16.4. The van der Waals surface area contributed by atoms with Crippen molar-refractivity contribution in [1.29, 1.82) is 0 Å². The number of rotatable bonds is 7. The highest BCUT2D eigenvalue weighted by Gasteiger charge is 2.15. The van der Waals surface area contributed by atoms with Gasteiger partial charge in [0.15, 0.2) is 11.5 Å². The minimum atomic E-state index is -3.72. The van der Waals surface area contributed by atoms with E-state index in [2.05, 4.69) is 9.93 Å². The molecule has 0 atom stereocenters. The lowest BCUT2D eigenvalue weighted by atomic mass is 10.2. The number of hydrazone groups is 1. The van der Waals surface area contributed by atoms with E-state index in [9.17, 15) is 8.42 Å². The molecule has 2 aromatic rings. The van der Waals surface area contributed by atoms with Crippen LogP contribution in [-0.2, 0) is 10.0 Å². The maximum absolute atomic E-state index is 12.4. The Morgan fingerprint density at radius 1 is 1.08 bits per heavy atom. The number of sulfonamides is 1. The van der Waals surface area contributed by atoms with E-state index in [1.807, 2.05) is 26.8 Å². The van der Waals surface area contributed by atoms with Crippen LogP contribution in [0.25, 0.3) is 0 Å². The van der Waals surface area contributed by atoms with Crippen molar-refractivity contribution in [1.82, 2.24) is 4.83 Å². The minimum absolute atomic E-state index is 0.0147. The van der Waals surface area contributed by atoms with Gasteiger partial charge >= 0.3 is 0 Å². The maximum Gasteiger partial charge on any atom is 0.276 e. The molecule has 2 aromatic carbocycles. The van der Waals surface area contributed by atoms with E-state index in [0.717, 1.165) is 5.56 Å². The molecule has 1 N–H and O–H groups in total. The van der Waals surface area contributed by atoms with Crippen LogP contribution in [0.15, 0.2) is 46.4 Å². The zero-order chi connectivity index (χ0) is 19.3. The number of aryl methyl sites for hydroxylation is 2. The molecule has 0 aliphatic heterocycles. The summed E-state index contributed by atoms with van der Waals surface area (Å²) in [5.74, 6) is 1.18. The average molecular weight is 376 g/mol. The number of benzene rings is 2. The van der Waals surface area contributed by atoms with Gasteiger partial charge in [0, 0.05) is 0 Å². The lowest BCUT2D eigenvalue weighted by Gasteiger charge is -2.13. The summed E-state index contributed by atoms with van der Waals surface area (Å²) in [6, 6.07) is 10.4. The normalized spacial score (nSPS) is 11.8. The molecule has 0 unspecified atom stereocenters. The maximum atomic E-state index is 12.4. The molecule has 0 aliphatic rings. The molecule has 26 heavy (non-hydrogen) atoms. The third-order valence-corrected chi connectivity index (χ3v) is 4.94. The molecule has 0 amide bonds. The van der Waals surface area contributed by atoms with Gasteiger partial charge in [0.25, 0.3) is 10.0 Å². The van der Waals surface area contributed by atoms with Crippen molar-refractivity contribution < 1.29 is 17.9 Å². The van der Waals surface area contributed by atoms with E-state index in [1.54, 1.807) is 44.4 Å². The summed E-state index contributed by atoms with van der Waals surface area (Å²) in [4.78, 5) is 2.45. The molecule has 2 rings (SSSR count). The molecule has 0 bridgehead atoms. The molecule has 0 aromatic heterocycles. The number of nitrogens with one attached hydrogen (secondary N) is 1. The molecule has 0 spiro atoms. The van der Waals surface area contributed by atoms with E-state index in [1.165, 1.54) is 6.21 Å². The van der Waals surface area contributed by atoms with Crippen LogP contribution < -0.4 is 14.3 Å². The summed E-state index contributed by atoms with van der Waals surface area (Å²) < 4.78 is 35.8. The monoisotopic (exact) mass is 376 g/mol. The quantitative estimate of drug-likeness (QED) is 0.593. The SMILES string of the molecule is COc1ccc(/C=N/NS(=O)(=O)c2ccc(C)cc2C)cc1OC(C)C. The second-order valence-corrected chi connectivity index (χ2v) is 7.83. The van der Waals surface area contributed by atoms with Crippen LogP contribution in [0, 0.1) is 13.8 Å². The summed E-state index contributed by atoms with van der Waals surface area (Å²) in [5, 5.41) is 3.87. The summed E-state index contributed by atoms with van der Waals surface area (Å²) in [5.41, 5.74) is 2.36. The first-order chi connectivity index (χ1) is 12.2. The predicted molar refractivity (Wildman–Crippen MR) is 103 cm³/mol. The fraction of sp³-hybridized carbons (Fsp3) is 0.316. The number of hydrogen-bond acceptors (Lipinski definition) is 5. The minimum Gasteiger partial charge on any atom is -0.493 e. The Morgan fingerprint density at radius 2 is 1.81 bits per heavy atom. The van der Waals surface area contributed by atoms with E-state index >= 15 is 0 Å². The molecule has 0 fully saturated rings. The van der Waals surface area contributed by atoms with Gasteiger partial charge in [-0.2, -0.15) is 13.5 Å². The van der Waals surface area contributed by atoms with Gasteiger partial charge in [-0.25, -0.2) is 4.83 Å². The standard InChI is InChI=1S/C19H24N2O4S/c1-13(2)25-18-11-16(7-8-17(18)24-5)12-20-21-26(22,23)19-9-6-14(3)10-15(19)4/h6-13,21H,1-5H3/b20-12+. The summed E-state index contributed by atoms with van der Waals surface area (Å²) >= 11 is 0. The molecule has 140 valence electrons. The Balaban J connectivity index is 2.19. The summed E-state index contributed by atoms with van der Waals surface area (Å²) in [6.07, 6.45) is 1.41. The van der Waals surface area contributed by atoms with Crippen LogP contribution in [0.4, 0.5) is 0 Å². The fourth-order valence-corrected chi connectivity index (χ4v) is 3.46. The molecule has 0 heterocycles. The zero-order valence-electron chi connectivity index (χ0n) is 15.6. The van der Waals surface area contributed by atoms with Crippen LogP contribution in [0.1, 0.15) is 30.5 Å². The van der Waals surface area contributed by atoms with Crippen molar-refractivity contribution >= 4 is 16.2 Å². The van der Waals surface area contributed by atoms with E-state index in [-0.39, 0.29) is 11.0 Å². The lowest BCUT2D eigenvalue weighted by molar-refractivity contribution is 0.230. The van der Waals surface area contributed by atoms with Gasteiger partial charge in [0.1, 0.15) is 0 Å². The molecule has 0 aliphatic carbocycles. The Kier molecular flexibility index (Phi) is 6.26. The van der Waals surface area contributed by atoms with Gasteiger partial charge in [-0.3, -0.25) is 0 Å². The molecule has 7 heteroatoms. The number of ether oxygens (including phenoxy) is 2. The van der Waals surface area contributed by atoms with Gasteiger partial charge in [0.2, 0.25) is 0 Å². The third-order valence-electron chi connectivity index (χ3n) is 3.56. The van der Waals surface area contributed by atoms with Gasteiger partial charge < -0.3 is 9.47 Å².